The van der Waals surface area contributed by atoms with E-state index < -0.39 is 0 Å². The number of para-hydroxylation sites is 1. The Balaban J connectivity index is 2.05. The fourth-order valence-corrected chi connectivity index (χ4v) is 2.51. The van der Waals surface area contributed by atoms with Gasteiger partial charge in [-0.1, -0.05) is 50.2 Å². The van der Waals surface area contributed by atoms with E-state index in [1.807, 2.05) is 30.3 Å². The first-order chi connectivity index (χ1) is 11.6. The third kappa shape index (κ3) is 3.11. The van der Waals surface area contributed by atoms with Crippen LogP contribution in [0.5, 0.6) is 0 Å². The highest BCUT2D eigenvalue weighted by atomic mass is 16.1. The van der Waals surface area contributed by atoms with Crippen LogP contribution in [0.3, 0.4) is 0 Å². The molecule has 0 atom stereocenters. The number of nitrogens with zero attached hydrogens (tertiary/aromatic N) is 2. The van der Waals surface area contributed by atoms with Crippen molar-refractivity contribution in [3.8, 4) is 6.07 Å². The van der Waals surface area contributed by atoms with E-state index >= 15 is 0 Å². The van der Waals surface area contributed by atoms with Crippen molar-refractivity contribution in [2.24, 2.45) is 0 Å². The first-order valence-electron chi connectivity index (χ1n) is 7.79. The average Bonchev–Trinajstić information content (AvgIpc) is 2.60. The van der Waals surface area contributed by atoms with Crippen molar-refractivity contribution in [2.45, 2.75) is 19.8 Å². The predicted molar refractivity (Wildman–Crippen MR) is 96.4 cm³/mol. The van der Waals surface area contributed by atoms with Crippen LogP contribution >= 0.6 is 0 Å². The summed E-state index contributed by atoms with van der Waals surface area (Å²) >= 11 is 0. The lowest BCUT2D eigenvalue weighted by atomic mass is 10.0. The van der Waals surface area contributed by atoms with Crippen LogP contribution in [-0.2, 0) is 0 Å². The van der Waals surface area contributed by atoms with Crippen molar-refractivity contribution in [1.82, 2.24) is 9.97 Å². The third-order valence-electron chi connectivity index (χ3n) is 3.90. The maximum absolute atomic E-state index is 12.2. The molecule has 0 aliphatic carbocycles. The van der Waals surface area contributed by atoms with Gasteiger partial charge in [0.25, 0.3) is 5.56 Å². The van der Waals surface area contributed by atoms with Crippen molar-refractivity contribution in [3.05, 3.63) is 75.8 Å². The average molecular weight is 315 g/mol. The monoisotopic (exact) mass is 315 g/mol. The first-order valence-corrected chi connectivity index (χ1v) is 7.79. The fraction of sp³-hybridized carbons (Fsp3) is 0.150. The smallest absolute Gasteiger partial charge is 0.259 e. The highest BCUT2D eigenvalue weighted by Gasteiger charge is 2.08. The summed E-state index contributed by atoms with van der Waals surface area (Å²) in [5, 5.41) is 9.98. The van der Waals surface area contributed by atoms with Crippen LogP contribution in [0.1, 0.15) is 36.7 Å². The highest BCUT2D eigenvalue weighted by Crippen LogP contribution is 2.19. The van der Waals surface area contributed by atoms with Crippen molar-refractivity contribution in [1.29, 1.82) is 5.26 Å². The Morgan fingerprint density at radius 3 is 2.54 bits per heavy atom. The Bertz CT molecular complexity index is 1010. The first kappa shape index (κ1) is 15.7. The van der Waals surface area contributed by atoms with Crippen LogP contribution in [-0.4, -0.2) is 9.97 Å². The van der Waals surface area contributed by atoms with Crippen molar-refractivity contribution < 1.29 is 0 Å². The molecule has 0 aliphatic rings. The Morgan fingerprint density at radius 2 is 1.88 bits per heavy atom. The summed E-state index contributed by atoms with van der Waals surface area (Å²) < 4.78 is 0. The second-order valence-corrected chi connectivity index (χ2v) is 5.92. The lowest BCUT2D eigenvalue weighted by Crippen LogP contribution is -2.11. The number of benzene rings is 2. The van der Waals surface area contributed by atoms with Gasteiger partial charge in [0.1, 0.15) is 6.07 Å². The summed E-state index contributed by atoms with van der Waals surface area (Å²) in [6.07, 6.45) is 1.73. The molecule has 4 heteroatoms. The molecule has 24 heavy (non-hydrogen) atoms. The van der Waals surface area contributed by atoms with Gasteiger partial charge >= 0.3 is 0 Å². The quantitative estimate of drug-likeness (QED) is 0.739. The van der Waals surface area contributed by atoms with Crippen LogP contribution in [0.15, 0.2) is 53.3 Å². The minimum atomic E-state index is -0.244. The summed E-state index contributed by atoms with van der Waals surface area (Å²) in [6, 6.07) is 17.2. The number of aromatic amines is 1. The molecule has 0 radical (unpaired) electrons. The van der Waals surface area contributed by atoms with Gasteiger partial charge in [-0.15, -0.1) is 0 Å². The molecule has 118 valence electrons. The van der Waals surface area contributed by atoms with Crippen molar-refractivity contribution in [3.63, 3.8) is 0 Å². The Labute approximate surface area is 140 Å². The number of H-pyrrole nitrogens is 1. The van der Waals surface area contributed by atoms with E-state index in [1.165, 1.54) is 5.56 Å². The molecule has 0 fully saturated rings. The zero-order valence-electron chi connectivity index (χ0n) is 13.6. The van der Waals surface area contributed by atoms with Crippen molar-refractivity contribution >= 4 is 22.6 Å². The molecule has 0 bridgehead atoms. The van der Waals surface area contributed by atoms with E-state index in [2.05, 4.69) is 29.9 Å². The summed E-state index contributed by atoms with van der Waals surface area (Å²) in [5.74, 6) is 0.742. The van der Waals surface area contributed by atoms with Crippen molar-refractivity contribution in [2.75, 3.05) is 0 Å². The Morgan fingerprint density at radius 1 is 1.17 bits per heavy atom. The molecule has 3 rings (SSSR count). The number of hydrogen-bond donors (Lipinski definition) is 1. The maximum atomic E-state index is 12.2. The SMILES string of the molecule is CC(C)c1ccc(/C=C(\C#N)c2nc3ccccc3c(=O)[nH]2)cc1. The molecule has 0 aliphatic heterocycles. The zero-order chi connectivity index (χ0) is 17.1. The number of nitriles is 1. The number of fused-ring (bicyclic) bond motifs is 1. The molecule has 0 unspecified atom stereocenters. The second kappa shape index (κ2) is 6.51. The van der Waals surface area contributed by atoms with E-state index in [-0.39, 0.29) is 11.4 Å². The molecule has 3 aromatic rings. The number of allylic oxidation sites excluding steroid dienone is 1. The normalized spacial score (nSPS) is 11.7. The molecule has 1 N–H and O–H groups in total. The fourth-order valence-electron chi connectivity index (χ4n) is 2.51. The number of hydrogen-bond acceptors (Lipinski definition) is 3. The molecule has 1 aromatic heterocycles. The van der Waals surface area contributed by atoms with Crippen LogP contribution < -0.4 is 5.56 Å². The second-order valence-electron chi connectivity index (χ2n) is 5.92. The topological polar surface area (TPSA) is 69.5 Å². The minimum Gasteiger partial charge on any atom is -0.305 e. The molecule has 0 saturated carbocycles. The summed E-state index contributed by atoms with van der Waals surface area (Å²) in [6.45, 7) is 4.27. The van der Waals surface area contributed by atoms with Crippen LogP contribution in [0.2, 0.25) is 0 Å². The lowest BCUT2D eigenvalue weighted by molar-refractivity contribution is 0.866. The molecular weight excluding hydrogens is 298 g/mol. The summed E-state index contributed by atoms with van der Waals surface area (Å²) in [5.41, 5.74) is 2.80. The van der Waals surface area contributed by atoms with Crippen LogP contribution in [0.4, 0.5) is 0 Å². The van der Waals surface area contributed by atoms with Crippen LogP contribution in [0.25, 0.3) is 22.6 Å². The number of aromatic nitrogens is 2. The van der Waals surface area contributed by atoms with Crippen LogP contribution in [0, 0.1) is 11.3 Å². The standard InChI is InChI=1S/C20H17N3O/c1-13(2)15-9-7-14(8-10-15)11-16(12-21)19-22-18-6-4-3-5-17(18)20(24)23-19/h3-11,13H,1-2H3,(H,22,23,24)/b16-11+. The lowest BCUT2D eigenvalue weighted by Gasteiger charge is -2.05. The van der Waals surface area contributed by atoms with Gasteiger partial charge in [0, 0.05) is 0 Å². The van der Waals surface area contributed by atoms with Gasteiger partial charge in [-0.2, -0.15) is 5.26 Å². The molecule has 2 aromatic carbocycles. The van der Waals surface area contributed by atoms with E-state index in [4.69, 9.17) is 0 Å². The molecule has 1 heterocycles. The van der Waals surface area contributed by atoms with E-state index in [0.29, 0.717) is 22.4 Å². The Kier molecular flexibility index (Phi) is 4.26. The molecule has 0 spiro atoms. The predicted octanol–water partition coefficient (Wildman–Crippen LogP) is 4.11. The zero-order valence-corrected chi connectivity index (χ0v) is 13.6. The maximum Gasteiger partial charge on any atom is 0.259 e. The highest BCUT2D eigenvalue weighted by molar-refractivity contribution is 5.89. The largest absolute Gasteiger partial charge is 0.305 e. The van der Waals surface area contributed by atoms with Gasteiger partial charge in [-0.05, 0) is 35.3 Å². The van der Waals surface area contributed by atoms with Gasteiger partial charge < -0.3 is 4.98 Å². The minimum absolute atomic E-state index is 0.244. The van der Waals surface area contributed by atoms with E-state index in [1.54, 1.807) is 24.3 Å². The van der Waals surface area contributed by atoms with Gasteiger partial charge in [-0.3, -0.25) is 4.79 Å². The molecule has 4 nitrogen and oxygen atoms in total. The summed E-state index contributed by atoms with van der Waals surface area (Å²) in [7, 11) is 0. The van der Waals surface area contributed by atoms with Gasteiger partial charge in [0.15, 0.2) is 5.82 Å². The van der Waals surface area contributed by atoms with E-state index in [9.17, 15) is 10.1 Å². The number of rotatable bonds is 3. The van der Waals surface area contributed by atoms with Gasteiger partial charge in [0.05, 0.1) is 16.5 Å². The third-order valence-corrected chi connectivity index (χ3v) is 3.90. The summed E-state index contributed by atoms with van der Waals surface area (Å²) in [4.78, 5) is 19.3. The van der Waals surface area contributed by atoms with Gasteiger partial charge in [0.2, 0.25) is 0 Å². The van der Waals surface area contributed by atoms with E-state index in [0.717, 1.165) is 5.56 Å². The Hall–Kier alpha value is -3.19. The molecule has 0 amide bonds. The molecular formula is C20H17N3O. The molecule has 0 saturated heterocycles. The van der Waals surface area contributed by atoms with Gasteiger partial charge in [-0.25, -0.2) is 4.98 Å². The number of nitrogens with one attached hydrogen (secondary N) is 1.